The molecule has 2 heteroatoms. The molecule has 0 saturated heterocycles. The Balaban J connectivity index is 1.63. The Morgan fingerprint density at radius 3 is 1.12 bits per heavy atom. The van der Waals surface area contributed by atoms with Crippen molar-refractivity contribution in [2.75, 3.05) is 6.26 Å². The Bertz CT molecular complexity index is 1380. The quantitative estimate of drug-likeness (QED) is 0.233. The van der Waals surface area contributed by atoms with Crippen LogP contribution in [0, 0.1) is 0 Å². The molecule has 2 aliphatic rings. The van der Waals surface area contributed by atoms with Crippen LogP contribution in [0.2, 0.25) is 0 Å². The summed E-state index contributed by atoms with van der Waals surface area (Å²) in [7, 11) is -1.50. The van der Waals surface area contributed by atoms with Crippen molar-refractivity contribution in [3.8, 4) is 22.3 Å². The fourth-order valence-corrected chi connectivity index (χ4v) is 13.2. The maximum Gasteiger partial charge on any atom is 0.0646 e. The topological polar surface area (TPSA) is 9.23 Å². The lowest BCUT2D eigenvalue weighted by molar-refractivity contribution is -0.119. The summed E-state index contributed by atoms with van der Waals surface area (Å²) in [5, 5.41) is 0.647. The zero-order valence-electron chi connectivity index (χ0n) is 25.4. The second-order valence-electron chi connectivity index (χ2n) is 14.1. The average Bonchev–Trinajstić information content (AvgIpc) is 3.40. The SMILES string of the molecule is CC(C)(C)OC(C)(C)CC(C)(C)S(C)(C1c2ccccc2-c2ccccc21)C1c2ccccc2-c2ccccc21. The van der Waals surface area contributed by atoms with E-state index in [1.165, 1.54) is 44.5 Å². The molecule has 0 atom stereocenters. The first kappa shape index (κ1) is 27.4. The first-order valence-corrected chi connectivity index (χ1v) is 16.8. The Morgan fingerprint density at radius 1 is 0.525 bits per heavy atom. The monoisotopic (exact) mass is 548 g/mol. The lowest BCUT2D eigenvalue weighted by Crippen LogP contribution is -2.45. The molecule has 40 heavy (non-hydrogen) atoms. The van der Waals surface area contributed by atoms with Gasteiger partial charge in [0.05, 0.1) is 11.2 Å². The lowest BCUT2D eigenvalue weighted by Gasteiger charge is -2.60. The molecule has 0 aromatic heterocycles. The summed E-state index contributed by atoms with van der Waals surface area (Å²) in [5.41, 5.74) is 11.1. The highest BCUT2D eigenvalue weighted by molar-refractivity contribution is 8.34. The molecule has 0 heterocycles. The molecule has 0 N–H and O–H groups in total. The fraction of sp³-hybridized carbons (Fsp3) is 0.368. The molecule has 1 nitrogen and oxygen atoms in total. The lowest BCUT2D eigenvalue weighted by atomic mass is 9.94. The molecule has 0 amide bonds. The normalized spacial score (nSPS) is 15.9. The first-order valence-electron chi connectivity index (χ1n) is 14.7. The maximum atomic E-state index is 6.77. The number of ether oxygens (including phenoxy) is 1. The molecular formula is C38H44OS. The van der Waals surface area contributed by atoms with Crippen LogP contribution < -0.4 is 0 Å². The third-order valence-corrected chi connectivity index (χ3v) is 14.7. The molecule has 4 aromatic carbocycles. The van der Waals surface area contributed by atoms with Gasteiger partial charge >= 0.3 is 0 Å². The van der Waals surface area contributed by atoms with E-state index in [4.69, 9.17) is 4.74 Å². The smallest absolute Gasteiger partial charge is 0.0646 e. The standard InChI is InChI=1S/C38H44OS/c1-36(2,3)39-37(4,5)25-38(6,7)40(8,34-30-21-13-9-17-26(30)27-18-10-14-22-31(27)34)35-32-23-15-11-19-28(32)29-20-12-16-24-33(29)35/h9-24,34-35H,25H2,1-8H3. The first-order chi connectivity index (χ1) is 18.8. The molecule has 208 valence electrons. The minimum absolute atomic E-state index is 0.0216. The molecule has 0 spiro atoms. The highest BCUT2D eigenvalue weighted by Gasteiger charge is 2.55. The summed E-state index contributed by atoms with van der Waals surface area (Å²) in [6, 6.07) is 36.8. The van der Waals surface area contributed by atoms with Gasteiger partial charge in [-0.3, -0.25) is 0 Å². The highest BCUT2D eigenvalue weighted by atomic mass is 32.3. The van der Waals surface area contributed by atoms with Gasteiger partial charge in [0.2, 0.25) is 0 Å². The molecule has 2 aliphatic carbocycles. The molecule has 0 saturated carbocycles. The van der Waals surface area contributed by atoms with Gasteiger partial charge in [0.15, 0.2) is 0 Å². The van der Waals surface area contributed by atoms with Gasteiger partial charge in [-0.1, -0.05) is 111 Å². The predicted molar refractivity (Wildman–Crippen MR) is 175 cm³/mol. The van der Waals surface area contributed by atoms with Gasteiger partial charge in [-0.05, 0) is 96.5 Å². The second kappa shape index (κ2) is 9.36. The van der Waals surface area contributed by atoms with Gasteiger partial charge in [0, 0.05) is 10.5 Å². The molecule has 0 bridgehead atoms. The van der Waals surface area contributed by atoms with Crippen molar-refractivity contribution in [1.82, 2.24) is 0 Å². The van der Waals surface area contributed by atoms with E-state index >= 15 is 0 Å². The molecular weight excluding hydrogens is 504 g/mol. The summed E-state index contributed by atoms with van der Waals surface area (Å²) in [5.74, 6) is 0. The molecule has 0 fully saturated rings. The Morgan fingerprint density at radius 2 is 0.825 bits per heavy atom. The maximum absolute atomic E-state index is 6.77. The van der Waals surface area contributed by atoms with Gasteiger partial charge in [0.1, 0.15) is 0 Å². The Hall–Kier alpha value is -2.81. The van der Waals surface area contributed by atoms with E-state index in [2.05, 4.69) is 152 Å². The molecule has 0 unspecified atom stereocenters. The van der Waals surface area contributed by atoms with Crippen molar-refractivity contribution in [2.24, 2.45) is 0 Å². The highest BCUT2D eigenvalue weighted by Crippen LogP contribution is 2.82. The van der Waals surface area contributed by atoms with Crippen LogP contribution in [0.1, 0.15) is 87.6 Å². The summed E-state index contributed by atoms with van der Waals surface area (Å²) < 4.78 is 6.75. The van der Waals surface area contributed by atoms with E-state index in [9.17, 15) is 0 Å². The minimum atomic E-state index is -1.50. The van der Waals surface area contributed by atoms with E-state index in [0.29, 0.717) is 10.5 Å². The Labute approximate surface area is 243 Å². The van der Waals surface area contributed by atoms with E-state index in [1.807, 2.05) is 0 Å². The van der Waals surface area contributed by atoms with Crippen LogP contribution in [0.4, 0.5) is 0 Å². The van der Waals surface area contributed by atoms with E-state index < -0.39 is 10.0 Å². The van der Waals surface area contributed by atoms with Gasteiger partial charge in [-0.25, -0.2) is 10.0 Å². The largest absolute Gasteiger partial charge is 0.370 e. The number of hydrogen-bond acceptors (Lipinski definition) is 1. The van der Waals surface area contributed by atoms with E-state index in [1.54, 1.807) is 0 Å². The van der Waals surface area contributed by atoms with Crippen LogP contribution in [-0.4, -0.2) is 22.2 Å². The van der Waals surface area contributed by atoms with Gasteiger partial charge in [-0.2, -0.15) is 0 Å². The third-order valence-electron chi connectivity index (χ3n) is 9.16. The van der Waals surface area contributed by atoms with Crippen molar-refractivity contribution in [3.05, 3.63) is 119 Å². The van der Waals surface area contributed by atoms with Crippen LogP contribution in [0.3, 0.4) is 0 Å². The van der Waals surface area contributed by atoms with Gasteiger partial charge < -0.3 is 4.74 Å². The molecule has 6 rings (SSSR count). The number of hydrogen-bond donors (Lipinski definition) is 0. The van der Waals surface area contributed by atoms with Crippen LogP contribution in [-0.2, 0) is 4.74 Å². The third kappa shape index (κ3) is 4.27. The molecule has 0 aliphatic heterocycles. The van der Waals surface area contributed by atoms with Gasteiger partial charge in [0.25, 0.3) is 0 Å². The fourth-order valence-electron chi connectivity index (χ4n) is 8.09. The summed E-state index contributed by atoms with van der Waals surface area (Å²) in [4.78, 5) is 0. The van der Waals surface area contributed by atoms with E-state index in [-0.39, 0.29) is 15.9 Å². The van der Waals surface area contributed by atoms with Crippen LogP contribution in [0.15, 0.2) is 97.1 Å². The van der Waals surface area contributed by atoms with Crippen molar-refractivity contribution in [3.63, 3.8) is 0 Å². The number of benzene rings is 4. The summed E-state index contributed by atoms with van der Waals surface area (Å²) in [6.07, 6.45) is 3.65. The Kier molecular flexibility index (Phi) is 6.40. The van der Waals surface area contributed by atoms with Crippen LogP contribution >= 0.6 is 10.0 Å². The van der Waals surface area contributed by atoms with Crippen LogP contribution in [0.5, 0.6) is 0 Å². The van der Waals surface area contributed by atoms with Gasteiger partial charge in [-0.15, -0.1) is 0 Å². The minimum Gasteiger partial charge on any atom is -0.370 e. The predicted octanol–water partition coefficient (Wildman–Crippen LogP) is 10.7. The van der Waals surface area contributed by atoms with Crippen molar-refractivity contribution < 1.29 is 4.74 Å². The van der Waals surface area contributed by atoms with Crippen molar-refractivity contribution in [1.29, 1.82) is 0 Å². The molecule has 0 radical (unpaired) electrons. The zero-order valence-corrected chi connectivity index (χ0v) is 26.2. The van der Waals surface area contributed by atoms with Crippen molar-refractivity contribution in [2.45, 2.75) is 81.3 Å². The van der Waals surface area contributed by atoms with Crippen LogP contribution in [0.25, 0.3) is 22.3 Å². The van der Waals surface area contributed by atoms with Crippen molar-refractivity contribution >= 4 is 10.0 Å². The summed E-state index contributed by atoms with van der Waals surface area (Å²) in [6.45, 7) is 16.2. The second-order valence-corrected chi connectivity index (χ2v) is 18.2. The molecule has 4 aromatic rings. The number of rotatable bonds is 6. The average molecular weight is 549 g/mol. The van der Waals surface area contributed by atoms with E-state index in [0.717, 1.165) is 6.42 Å². The summed E-state index contributed by atoms with van der Waals surface area (Å²) >= 11 is 0. The number of fused-ring (bicyclic) bond motifs is 6. The zero-order chi connectivity index (χ0) is 28.5.